The van der Waals surface area contributed by atoms with Crippen molar-refractivity contribution in [2.24, 2.45) is 11.8 Å². The molecule has 2 aliphatic carbocycles. The summed E-state index contributed by atoms with van der Waals surface area (Å²) in [5.74, 6) is 0.758. The molecule has 2 aliphatic heterocycles. The molecule has 2 heterocycles. The van der Waals surface area contributed by atoms with E-state index in [1.165, 1.54) is 0 Å². The Morgan fingerprint density at radius 3 is 2.81 bits per heavy atom. The fourth-order valence-corrected chi connectivity index (χ4v) is 7.41. The van der Waals surface area contributed by atoms with Crippen molar-refractivity contribution in [1.29, 1.82) is 0 Å². The van der Waals surface area contributed by atoms with Gasteiger partial charge < -0.3 is 5.11 Å². The van der Waals surface area contributed by atoms with Crippen LogP contribution in [0.4, 0.5) is 0 Å². The predicted molar refractivity (Wildman–Crippen MR) is 105 cm³/mol. The van der Waals surface area contributed by atoms with Crippen LogP contribution in [0.15, 0.2) is 41.3 Å². The Morgan fingerprint density at radius 1 is 1.15 bits per heavy atom. The lowest BCUT2D eigenvalue weighted by molar-refractivity contribution is -0.0704. The molecule has 27 heavy (non-hydrogen) atoms. The van der Waals surface area contributed by atoms with E-state index in [-0.39, 0.29) is 4.90 Å². The number of fused-ring (bicyclic) bond motifs is 2. The standard InChI is InChI=1S/C20H23ClN2O3S/c21-18-3-1-2-15-7-16(4-5-17(15)18)27(25,26)23-19-8-13-6-14(9-19)11-22-20(24,10-13)12-19/h1-5,7,13-14,22-24H,6,8-12H2. The van der Waals surface area contributed by atoms with Gasteiger partial charge in [-0.15, -0.1) is 0 Å². The molecule has 4 aliphatic rings. The van der Waals surface area contributed by atoms with Gasteiger partial charge in [-0.1, -0.05) is 29.8 Å². The summed E-state index contributed by atoms with van der Waals surface area (Å²) in [5.41, 5.74) is -1.54. The van der Waals surface area contributed by atoms with Crippen molar-refractivity contribution in [3.8, 4) is 0 Å². The molecular formula is C20H23ClN2O3S. The number of aliphatic hydroxyl groups is 1. The highest BCUT2D eigenvalue weighted by molar-refractivity contribution is 7.89. The first-order chi connectivity index (χ1) is 12.8. The summed E-state index contributed by atoms with van der Waals surface area (Å²) in [6, 6.07) is 10.5. The summed E-state index contributed by atoms with van der Waals surface area (Å²) in [6.07, 6.45) is 3.77. The average molecular weight is 407 g/mol. The predicted octanol–water partition coefficient (Wildman–Crippen LogP) is 3.01. The molecule has 0 aromatic heterocycles. The van der Waals surface area contributed by atoms with E-state index in [1.807, 2.05) is 12.1 Å². The number of hydrogen-bond donors (Lipinski definition) is 3. The van der Waals surface area contributed by atoms with E-state index < -0.39 is 21.3 Å². The Morgan fingerprint density at radius 2 is 1.96 bits per heavy atom. The summed E-state index contributed by atoms with van der Waals surface area (Å²) in [6.45, 7) is 0.755. The van der Waals surface area contributed by atoms with Gasteiger partial charge in [0.2, 0.25) is 10.0 Å². The first kappa shape index (κ1) is 17.9. The molecule has 2 saturated carbocycles. The number of rotatable bonds is 3. The third-order valence-electron chi connectivity index (χ3n) is 6.46. The molecular weight excluding hydrogens is 384 g/mol. The molecule has 5 nitrogen and oxygen atoms in total. The number of halogens is 1. The van der Waals surface area contributed by atoms with Crippen LogP contribution in [0.3, 0.4) is 0 Å². The summed E-state index contributed by atoms with van der Waals surface area (Å²) < 4.78 is 29.4. The van der Waals surface area contributed by atoms with Crippen LogP contribution in [0, 0.1) is 11.8 Å². The third-order valence-corrected chi connectivity index (χ3v) is 8.37. The van der Waals surface area contributed by atoms with E-state index in [9.17, 15) is 13.5 Å². The Hall–Kier alpha value is -1.18. The number of hydrogen-bond acceptors (Lipinski definition) is 4. The molecule has 2 saturated heterocycles. The van der Waals surface area contributed by atoms with Gasteiger partial charge in [-0.2, -0.15) is 0 Å². The maximum atomic E-state index is 13.2. The highest BCUT2D eigenvalue weighted by Gasteiger charge is 2.55. The highest BCUT2D eigenvalue weighted by Crippen LogP contribution is 2.51. The zero-order chi connectivity index (χ0) is 18.9. The van der Waals surface area contributed by atoms with Crippen LogP contribution in [0.1, 0.15) is 32.1 Å². The first-order valence-electron chi connectivity index (χ1n) is 9.46. The monoisotopic (exact) mass is 406 g/mol. The quantitative estimate of drug-likeness (QED) is 0.732. The Labute approximate surface area is 164 Å². The van der Waals surface area contributed by atoms with Gasteiger partial charge in [-0.3, -0.25) is 5.32 Å². The van der Waals surface area contributed by atoms with E-state index >= 15 is 0 Å². The second-order valence-electron chi connectivity index (χ2n) is 8.68. The Kier molecular flexibility index (Phi) is 3.91. The summed E-state index contributed by atoms with van der Waals surface area (Å²) in [5, 5.41) is 16.4. The van der Waals surface area contributed by atoms with E-state index in [0.29, 0.717) is 29.7 Å². The molecule has 2 aromatic rings. The minimum absolute atomic E-state index is 0.242. The summed E-state index contributed by atoms with van der Waals surface area (Å²) in [7, 11) is -3.70. The molecule has 2 aromatic carbocycles. The SMILES string of the molecule is O=S(=O)(NC12CC3CNC(O)(CC(C3)C1)C2)c1ccc2c(Cl)cccc2c1. The van der Waals surface area contributed by atoms with Gasteiger partial charge in [0.15, 0.2) is 0 Å². The Bertz CT molecular complexity index is 1030. The maximum Gasteiger partial charge on any atom is 0.241 e. The Balaban J connectivity index is 1.51. The van der Waals surface area contributed by atoms with Gasteiger partial charge in [0.25, 0.3) is 0 Å². The minimum Gasteiger partial charge on any atom is -0.376 e. The van der Waals surface area contributed by atoms with Gasteiger partial charge in [0.1, 0.15) is 5.72 Å². The van der Waals surface area contributed by atoms with Crippen LogP contribution in [-0.4, -0.2) is 31.3 Å². The fraction of sp³-hybridized carbons (Fsp3) is 0.500. The minimum atomic E-state index is -3.70. The van der Waals surface area contributed by atoms with Gasteiger partial charge in [-0.05, 0) is 61.1 Å². The summed E-state index contributed by atoms with van der Waals surface area (Å²) >= 11 is 6.20. The molecule has 4 bridgehead atoms. The molecule has 0 amide bonds. The van der Waals surface area contributed by atoms with Crippen molar-refractivity contribution in [3.63, 3.8) is 0 Å². The van der Waals surface area contributed by atoms with Crippen molar-refractivity contribution in [3.05, 3.63) is 41.4 Å². The van der Waals surface area contributed by atoms with Crippen molar-refractivity contribution in [2.45, 2.75) is 48.3 Å². The number of benzene rings is 2. The lowest BCUT2D eigenvalue weighted by Gasteiger charge is -2.50. The smallest absolute Gasteiger partial charge is 0.241 e. The van der Waals surface area contributed by atoms with Crippen molar-refractivity contribution in [2.75, 3.05) is 6.54 Å². The van der Waals surface area contributed by atoms with E-state index in [0.717, 1.165) is 36.6 Å². The molecule has 4 atom stereocenters. The van der Waals surface area contributed by atoms with Crippen LogP contribution in [-0.2, 0) is 10.0 Å². The molecule has 0 radical (unpaired) electrons. The third kappa shape index (κ3) is 3.08. The zero-order valence-corrected chi connectivity index (χ0v) is 16.5. The van der Waals surface area contributed by atoms with Gasteiger partial charge >= 0.3 is 0 Å². The van der Waals surface area contributed by atoms with E-state index in [2.05, 4.69) is 10.0 Å². The highest BCUT2D eigenvalue weighted by atomic mass is 35.5. The molecule has 3 N–H and O–H groups in total. The van der Waals surface area contributed by atoms with Crippen LogP contribution in [0.2, 0.25) is 5.02 Å². The zero-order valence-electron chi connectivity index (χ0n) is 14.9. The van der Waals surface area contributed by atoms with Gasteiger partial charge in [-0.25, -0.2) is 13.1 Å². The second-order valence-corrected chi connectivity index (χ2v) is 10.8. The second kappa shape index (κ2) is 5.91. The van der Waals surface area contributed by atoms with Crippen LogP contribution < -0.4 is 10.0 Å². The molecule has 6 rings (SSSR count). The maximum absolute atomic E-state index is 13.2. The molecule has 4 fully saturated rings. The molecule has 144 valence electrons. The van der Waals surface area contributed by atoms with Crippen LogP contribution in [0.25, 0.3) is 10.8 Å². The largest absolute Gasteiger partial charge is 0.376 e. The summed E-state index contributed by atoms with van der Waals surface area (Å²) in [4.78, 5) is 0.242. The van der Waals surface area contributed by atoms with Crippen molar-refractivity contribution < 1.29 is 13.5 Å². The van der Waals surface area contributed by atoms with Crippen LogP contribution in [0.5, 0.6) is 0 Å². The van der Waals surface area contributed by atoms with Crippen molar-refractivity contribution >= 4 is 32.4 Å². The first-order valence-corrected chi connectivity index (χ1v) is 11.3. The fourth-order valence-electron chi connectivity index (χ4n) is 5.71. The lowest BCUT2D eigenvalue weighted by Crippen LogP contribution is -2.61. The number of nitrogens with one attached hydrogen (secondary N) is 2. The normalized spacial score (nSPS) is 35.5. The molecule has 7 heteroatoms. The molecule has 4 unspecified atom stereocenters. The average Bonchev–Trinajstić information content (AvgIpc) is 2.75. The van der Waals surface area contributed by atoms with Crippen LogP contribution >= 0.6 is 11.6 Å². The van der Waals surface area contributed by atoms with E-state index in [4.69, 9.17) is 11.6 Å². The van der Waals surface area contributed by atoms with Gasteiger partial charge in [0.05, 0.1) is 4.90 Å². The van der Waals surface area contributed by atoms with E-state index in [1.54, 1.807) is 24.3 Å². The van der Waals surface area contributed by atoms with Gasteiger partial charge in [0, 0.05) is 28.9 Å². The topological polar surface area (TPSA) is 78.4 Å². The van der Waals surface area contributed by atoms with Crippen molar-refractivity contribution in [1.82, 2.24) is 10.0 Å². The molecule has 0 spiro atoms. The number of sulfonamides is 1. The lowest BCUT2D eigenvalue weighted by atomic mass is 9.63.